The van der Waals surface area contributed by atoms with Gasteiger partial charge in [-0.1, -0.05) is 116 Å². The van der Waals surface area contributed by atoms with Crippen LogP contribution in [-0.4, -0.2) is 46.1 Å². The molecule has 56 heavy (non-hydrogen) atoms. The van der Waals surface area contributed by atoms with Crippen LogP contribution in [0.3, 0.4) is 0 Å². The summed E-state index contributed by atoms with van der Waals surface area (Å²) in [6.07, 6.45) is 59.2. The summed E-state index contributed by atoms with van der Waals surface area (Å²) >= 11 is 0. The Bertz CT molecular complexity index is 1040. The van der Waals surface area contributed by atoms with Crippen molar-refractivity contribution in [3.8, 4) is 0 Å². The Morgan fingerprint density at radius 3 is 0.786 bits per heavy atom. The third-order valence-corrected chi connectivity index (χ3v) is 21.0. The van der Waals surface area contributed by atoms with Crippen molar-refractivity contribution >= 4 is 0 Å². The number of hydrogen-bond acceptors (Lipinski definition) is 2. The quantitative estimate of drug-likeness (QED) is 0.243. The molecule has 10 saturated carbocycles. The van der Waals surface area contributed by atoms with Gasteiger partial charge in [-0.05, 0) is 188 Å². The normalized spacial score (nSPS) is 44.2. The largest absolute Gasteiger partial charge is 0.294 e. The third kappa shape index (κ3) is 8.42. The van der Waals surface area contributed by atoms with Crippen molar-refractivity contribution < 1.29 is 0 Å². The van der Waals surface area contributed by atoms with Crippen LogP contribution in [0.1, 0.15) is 244 Å². The van der Waals surface area contributed by atoms with E-state index < -0.39 is 0 Å². The summed E-state index contributed by atoms with van der Waals surface area (Å²) in [4.78, 5) is 6.57. The van der Waals surface area contributed by atoms with E-state index in [2.05, 4.69) is 9.80 Å². The molecular formula is C54H92N2. The van der Waals surface area contributed by atoms with E-state index in [1.54, 1.807) is 116 Å². The molecule has 2 heteroatoms. The Morgan fingerprint density at radius 1 is 0.196 bits per heavy atom. The van der Waals surface area contributed by atoms with Crippen molar-refractivity contribution in [3.63, 3.8) is 0 Å². The second-order valence-corrected chi connectivity index (χ2v) is 23.6. The molecule has 8 atom stereocenters. The molecule has 10 rings (SSSR count). The summed E-state index contributed by atoms with van der Waals surface area (Å²) in [6, 6.07) is 5.60. The van der Waals surface area contributed by atoms with Crippen molar-refractivity contribution in [3.05, 3.63) is 0 Å². The molecule has 0 heterocycles. The SMILES string of the molecule is C1CCC(N(C2CCCCC2)C2CCC(C3C4CCCCC4C(C4CCC(N(C5CCCCC5)C5CCCCC5)CC4)C4CC5CCCCC5CC43)CC2)CC1. The zero-order valence-corrected chi connectivity index (χ0v) is 37.0. The average Bonchev–Trinajstić information content (AvgIpc) is 3.27. The van der Waals surface area contributed by atoms with Gasteiger partial charge in [-0.3, -0.25) is 9.80 Å². The van der Waals surface area contributed by atoms with Gasteiger partial charge in [0.15, 0.2) is 0 Å². The molecular weight excluding hydrogens is 677 g/mol. The second-order valence-electron chi connectivity index (χ2n) is 23.6. The minimum absolute atomic E-state index is 0.929. The molecule has 318 valence electrons. The molecule has 10 aliphatic carbocycles. The highest BCUT2D eigenvalue weighted by Crippen LogP contribution is 2.64. The lowest BCUT2D eigenvalue weighted by atomic mass is 9.43. The molecule has 0 amide bonds. The van der Waals surface area contributed by atoms with Gasteiger partial charge in [0.2, 0.25) is 0 Å². The molecule has 0 aromatic rings. The summed E-state index contributed by atoms with van der Waals surface area (Å²) in [7, 11) is 0. The van der Waals surface area contributed by atoms with Crippen LogP contribution < -0.4 is 0 Å². The van der Waals surface area contributed by atoms with Crippen molar-refractivity contribution in [2.24, 2.45) is 59.2 Å². The first-order chi connectivity index (χ1) is 27.8. The van der Waals surface area contributed by atoms with Crippen molar-refractivity contribution in [2.75, 3.05) is 0 Å². The van der Waals surface area contributed by atoms with E-state index in [4.69, 9.17) is 0 Å². The highest BCUT2D eigenvalue weighted by Gasteiger charge is 2.57. The summed E-state index contributed by atoms with van der Waals surface area (Å²) < 4.78 is 0. The van der Waals surface area contributed by atoms with E-state index in [9.17, 15) is 0 Å². The predicted molar refractivity (Wildman–Crippen MR) is 237 cm³/mol. The maximum Gasteiger partial charge on any atom is 0.0101 e. The third-order valence-electron chi connectivity index (χ3n) is 21.0. The Morgan fingerprint density at radius 2 is 0.464 bits per heavy atom. The van der Waals surface area contributed by atoms with Gasteiger partial charge < -0.3 is 0 Å². The minimum Gasteiger partial charge on any atom is -0.294 e. The zero-order valence-electron chi connectivity index (χ0n) is 37.0. The second kappa shape index (κ2) is 18.9. The number of hydrogen-bond donors (Lipinski definition) is 0. The average molecular weight is 769 g/mol. The Labute approximate surface area is 348 Å². The van der Waals surface area contributed by atoms with Gasteiger partial charge in [0.25, 0.3) is 0 Å². The topological polar surface area (TPSA) is 6.48 Å². The molecule has 2 nitrogen and oxygen atoms in total. The highest BCUT2D eigenvalue weighted by atomic mass is 15.2. The molecule has 10 aliphatic rings. The van der Waals surface area contributed by atoms with Crippen LogP contribution >= 0.6 is 0 Å². The van der Waals surface area contributed by atoms with Gasteiger partial charge in [-0.15, -0.1) is 0 Å². The lowest BCUT2D eigenvalue weighted by Gasteiger charge is -2.63. The smallest absolute Gasteiger partial charge is 0.0101 e. The van der Waals surface area contributed by atoms with Gasteiger partial charge in [-0.25, -0.2) is 0 Å². The van der Waals surface area contributed by atoms with Crippen molar-refractivity contribution in [1.29, 1.82) is 0 Å². The van der Waals surface area contributed by atoms with E-state index in [1.165, 1.54) is 128 Å². The van der Waals surface area contributed by atoms with Gasteiger partial charge in [0, 0.05) is 36.3 Å². The standard InChI is InChI=1S/C54H92N2/c1-5-19-43(20-6-1)55(44-21-7-2-8-22-44)47-33-29-39(30-34-47)53-49-27-15-16-28-50(49)54(52-38-42-18-14-13-17-41(42)37-51(52)53)40-31-35-48(36-32-40)56(45-23-9-3-10-24-45)46-25-11-4-12-26-46/h39-54H,1-38H2. The maximum absolute atomic E-state index is 3.28. The minimum atomic E-state index is 0.929. The highest BCUT2D eigenvalue weighted by molar-refractivity contribution is 5.07. The summed E-state index contributed by atoms with van der Waals surface area (Å²) in [5, 5.41) is 0. The van der Waals surface area contributed by atoms with Crippen LogP contribution in [0.5, 0.6) is 0 Å². The van der Waals surface area contributed by atoms with Crippen LogP contribution in [0.4, 0.5) is 0 Å². The number of fused-ring (bicyclic) bond motifs is 3. The van der Waals surface area contributed by atoms with Gasteiger partial charge in [0.1, 0.15) is 0 Å². The lowest BCUT2D eigenvalue weighted by molar-refractivity contribution is -0.138. The van der Waals surface area contributed by atoms with E-state index in [1.807, 2.05) is 0 Å². The Hall–Kier alpha value is -0.0800. The van der Waals surface area contributed by atoms with Crippen LogP contribution in [0.25, 0.3) is 0 Å². The molecule has 0 spiro atoms. The lowest BCUT2D eigenvalue weighted by Crippen LogP contribution is -2.57. The fourth-order valence-corrected chi connectivity index (χ4v) is 18.9. The van der Waals surface area contributed by atoms with E-state index in [0.717, 1.165) is 95.4 Å². The van der Waals surface area contributed by atoms with E-state index in [-0.39, 0.29) is 0 Å². The first-order valence-corrected chi connectivity index (χ1v) is 27.3. The molecule has 0 aromatic carbocycles. The molecule has 0 saturated heterocycles. The van der Waals surface area contributed by atoms with Crippen molar-refractivity contribution in [1.82, 2.24) is 9.80 Å². The maximum atomic E-state index is 3.28. The Kier molecular flexibility index (Phi) is 13.5. The zero-order chi connectivity index (χ0) is 37.3. The summed E-state index contributed by atoms with van der Waals surface area (Å²) in [5.74, 6) is 11.0. The molecule has 0 radical (unpaired) electrons. The first-order valence-electron chi connectivity index (χ1n) is 27.3. The van der Waals surface area contributed by atoms with E-state index >= 15 is 0 Å². The number of rotatable bonds is 8. The fraction of sp³-hybridized carbons (Fsp3) is 1.00. The van der Waals surface area contributed by atoms with Crippen molar-refractivity contribution in [2.45, 2.75) is 280 Å². The van der Waals surface area contributed by atoms with Crippen LogP contribution in [0, 0.1) is 59.2 Å². The molecule has 0 aliphatic heterocycles. The first kappa shape index (κ1) is 40.0. The molecule has 0 bridgehead atoms. The summed E-state index contributed by atoms with van der Waals surface area (Å²) in [5.41, 5.74) is 0. The van der Waals surface area contributed by atoms with Gasteiger partial charge >= 0.3 is 0 Å². The molecule has 0 aromatic heterocycles. The van der Waals surface area contributed by atoms with Crippen LogP contribution in [0.2, 0.25) is 0 Å². The van der Waals surface area contributed by atoms with Gasteiger partial charge in [-0.2, -0.15) is 0 Å². The molecule has 8 unspecified atom stereocenters. The van der Waals surface area contributed by atoms with Crippen LogP contribution in [0.15, 0.2) is 0 Å². The summed E-state index contributed by atoms with van der Waals surface area (Å²) in [6.45, 7) is 0. The molecule has 0 N–H and O–H groups in total. The number of nitrogens with zero attached hydrogens (tertiary/aromatic N) is 2. The fourth-order valence-electron chi connectivity index (χ4n) is 18.9. The predicted octanol–water partition coefficient (Wildman–Crippen LogP) is 14.9. The molecule has 10 fully saturated rings. The van der Waals surface area contributed by atoms with E-state index in [0.29, 0.717) is 0 Å². The van der Waals surface area contributed by atoms with Gasteiger partial charge in [0.05, 0.1) is 0 Å². The van der Waals surface area contributed by atoms with Crippen LogP contribution in [-0.2, 0) is 0 Å². The monoisotopic (exact) mass is 769 g/mol. The Balaban J connectivity index is 0.873.